The maximum absolute atomic E-state index is 14.0. The van der Waals surface area contributed by atoms with E-state index in [9.17, 15) is 22.0 Å². The second-order valence-corrected chi connectivity index (χ2v) is 4.62. The molecule has 0 N–H and O–H groups in total. The Bertz CT molecular complexity index is 613. The molecule has 0 atom stereocenters. The van der Waals surface area contributed by atoms with Gasteiger partial charge >= 0.3 is 6.18 Å². The van der Waals surface area contributed by atoms with E-state index >= 15 is 0 Å². The molecule has 0 bridgehead atoms. The molecule has 0 aliphatic heterocycles. The van der Waals surface area contributed by atoms with Gasteiger partial charge in [0.15, 0.2) is 5.82 Å². The third kappa shape index (κ3) is 2.69. The van der Waals surface area contributed by atoms with Crippen LogP contribution >= 0.6 is 0 Å². The fraction of sp³-hybridized carbons (Fsp3) is 0.417. The Labute approximate surface area is 105 Å². The summed E-state index contributed by atoms with van der Waals surface area (Å²) >= 11 is 0. The van der Waals surface area contributed by atoms with Crippen LogP contribution in [-0.2, 0) is 6.54 Å². The van der Waals surface area contributed by atoms with Gasteiger partial charge in [-0.05, 0) is 12.0 Å². The molecule has 0 aliphatic carbocycles. The highest BCUT2D eigenvalue weighted by atomic mass is 19.4. The SMILES string of the molecule is CC(C)c1c(F)cc2cn(CC(F)(F)F)nc2c1F. The van der Waals surface area contributed by atoms with Crippen molar-refractivity contribution < 1.29 is 22.0 Å². The molecule has 19 heavy (non-hydrogen) atoms. The van der Waals surface area contributed by atoms with Crippen molar-refractivity contribution in [3.63, 3.8) is 0 Å². The number of hydrogen-bond donors (Lipinski definition) is 0. The van der Waals surface area contributed by atoms with Gasteiger partial charge in [0.05, 0.1) is 0 Å². The largest absolute Gasteiger partial charge is 0.408 e. The fourth-order valence-corrected chi connectivity index (χ4v) is 1.95. The molecule has 1 heterocycles. The second-order valence-electron chi connectivity index (χ2n) is 4.62. The molecule has 0 unspecified atom stereocenters. The molecule has 2 aromatic rings. The number of rotatable bonds is 2. The number of benzene rings is 1. The van der Waals surface area contributed by atoms with Crippen LogP contribution in [0.3, 0.4) is 0 Å². The Balaban J connectivity index is 2.57. The van der Waals surface area contributed by atoms with Crippen molar-refractivity contribution in [3.8, 4) is 0 Å². The number of aromatic nitrogens is 2. The Morgan fingerprint density at radius 3 is 2.42 bits per heavy atom. The van der Waals surface area contributed by atoms with E-state index < -0.39 is 30.3 Å². The van der Waals surface area contributed by atoms with Gasteiger partial charge in [0.25, 0.3) is 0 Å². The monoisotopic (exact) mass is 278 g/mol. The summed E-state index contributed by atoms with van der Waals surface area (Å²) in [6.45, 7) is 1.86. The molecule has 0 radical (unpaired) electrons. The molecule has 7 heteroatoms. The van der Waals surface area contributed by atoms with Crippen LogP contribution in [0.25, 0.3) is 10.9 Å². The third-order valence-electron chi connectivity index (χ3n) is 2.69. The minimum Gasteiger partial charge on any atom is -0.262 e. The van der Waals surface area contributed by atoms with Crippen LogP contribution in [-0.4, -0.2) is 16.0 Å². The lowest BCUT2D eigenvalue weighted by atomic mass is 10.0. The van der Waals surface area contributed by atoms with Crippen molar-refractivity contribution in [3.05, 3.63) is 29.5 Å². The fourth-order valence-electron chi connectivity index (χ4n) is 1.95. The molecule has 2 rings (SSSR count). The molecule has 0 saturated heterocycles. The molecular formula is C12H11F5N2. The van der Waals surface area contributed by atoms with Gasteiger partial charge in [0, 0.05) is 17.1 Å². The minimum absolute atomic E-state index is 0.0173. The normalized spacial score (nSPS) is 12.6. The average molecular weight is 278 g/mol. The zero-order valence-corrected chi connectivity index (χ0v) is 10.2. The number of fused-ring (bicyclic) bond motifs is 1. The van der Waals surface area contributed by atoms with Crippen LogP contribution in [0.2, 0.25) is 0 Å². The number of nitrogens with zero attached hydrogens (tertiary/aromatic N) is 2. The molecule has 1 aromatic carbocycles. The summed E-state index contributed by atoms with van der Waals surface area (Å²) < 4.78 is 65.0. The molecule has 1 aromatic heterocycles. The zero-order chi connectivity index (χ0) is 14.4. The highest BCUT2D eigenvalue weighted by Gasteiger charge is 2.29. The van der Waals surface area contributed by atoms with Crippen LogP contribution in [0.15, 0.2) is 12.3 Å². The van der Waals surface area contributed by atoms with E-state index in [-0.39, 0.29) is 16.5 Å². The number of alkyl halides is 3. The highest BCUT2D eigenvalue weighted by molar-refractivity contribution is 5.79. The van der Waals surface area contributed by atoms with Gasteiger partial charge in [0.1, 0.15) is 17.9 Å². The van der Waals surface area contributed by atoms with Crippen molar-refractivity contribution >= 4 is 10.9 Å². The lowest BCUT2D eigenvalue weighted by Crippen LogP contribution is -2.17. The summed E-state index contributed by atoms with van der Waals surface area (Å²) in [5.41, 5.74) is -0.404. The smallest absolute Gasteiger partial charge is 0.262 e. The maximum atomic E-state index is 14.0. The maximum Gasteiger partial charge on any atom is 0.408 e. The summed E-state index contributed by atoms with van der Waals surface area (Å²) in [6, 6.07) is 1.01. The quantitative estimate of drug-likeness (QED) is 0.759. The van der Waals surface area contributed by atoms with Gasteiger partial charge in [-0.15, -0.1) is 0 Å². The van der Waals surface area contributed by atoms with Crippen LogP contribution in [0.4, 0.5) is 22.0 Å². The van der Waals surface area contributed by atoms with Crippen molar-refractivity contribution in [2.75, 3.05) is 0 Å². The zero-order valence-electron chi connectivity index (χ0n) is 10.2. The predicted octanol–water partition coefficient (Wildman–Crippen LogP) is 4.00. The Hall–Kier alpha value is -1.66. The van der Waals surface area contributed by atoms with Gasteiger partial charge in [-0.1, -0.05) is 13.8 Å². The van der Waals surface area contributed by atoms with E-state index in [1.807, 2.05) is 0 Å². The number of hydrogen-bond acceptors (Lipinski definition) is 1. The van der Waals surface area contributed by atoms with Crippen molar-refractivity contribution in [1.29, 1.82) is 0 Å². The lowest BCUT2D eigenvalue weighted by molar-refractivity contribution is -0.142. The molecule has 0 fully saturated rings. The van der Waals surface area contributed by atoms with Gasteiger partial charge in [-0.25, -0.2) is 8.78 Å². The first-order valence-corrected chi connectivity index (χ1v) is 5.61. The van der Waals surface area contributed by atoms with Crippen molar-refractivity contribution in [2.24, 2.45) is 0 Å². The molecule has 0 aliphatic rings. The summed E-state index contributed by atoms with van der Waals surface area (Å²) in [6.07, 6.45) is -3.48. The average Bonchev–Trinajstić information content (AvgIpc) is 2.56. The first kappa shape index (κ1) is 13.8. The second kappa shape index (κ2) is 4.47. The third-order valence-corrected chi connectivity index (χ3v) is 2.69. The van der Waals surface area contributed by atoms with Crippen molar-refractivity contribution in [1.82, 2.24) is 9.78 Å². The van der Waals surface area contributed by atoms with E-state index in [1.54, 1.807) is 13.8 Å². The highest BCUT2D eigenvalue weighted by Crippen LogP contribution is 2.29. The van der Waals surface area contributed by atoms with E-state index in [1.165, 1.54) is 0 Å². The van der Waals surface area contributed by atoms with Crippen LogP contribution in [0.5, 0.6) is 0 Å². The number of halogens is 5. The molecular weight excluding hydrogens is 267 g/mol. The summed E-state index contributed by atoms with van der Waals surface area (Å²) in [5, 5.41) is 3.55. The molecule has 0 amide bonds. The van der Waals surface area contributed by atoms with E-state index in [0.717, 1.165) is 12.3 Å². The first-order valence-electron chi connectivity index (χ1n) is 5.61. The summed E-state index contributed by atoms with van der Waals surface area (Å²) in [4.78, 5) is 0. The molecule has 0 saturated carbocycles. The predicted molar refractivity (Wildman–Crippen MR) is 59.8 cm³/mol. The van der Waals surface area contributed by atoms with Crippen LogP contribution < -0.4 is 0 Å². The summed E-state index contributed by atoms with van der Waals surface area (Å²) in [7, 11) is 0. The van der Waals surface area contributed by atoms with E-state index in [4.69, 9.17) is 0 Å². The van der Waals surface area contributed by atoms with E-state index in [2.05, 4.69) is 5.10 Å². The lowest BCUT2D eigenvalue weighted by Gasteiger charge is -2.08. The minimum atomic E-state index is -4.46. The standard InChI is InChI=1S/C12H11F5N2/c1-6(2)9-8(13)3-7-4-19(5-12(15,16)17)18-11(7)10(9)14/h3-4,6H,5H2,1-2H3. The van der Waals surface area contributed by atoms with Gasteiger partial charge in [-0.2, -0.15) is 18.3 Å². The van der Waals surface area contributed by atoms with Crippen LogP contribution in [0, 0.1) is 11.6 Å². The first-order chi connectivity index (χ1) is 8.69. The Morgan fingerprint density at radius 2 is 1.89 bits per heavy atom. The van der Waals surface area contributed by atoms with E-state index in [0.29, 0.717) is 4.68 Å². The van der Waals surface area contributed by atoms with Crippen LogP contribution in [0.1, 0.15) is 25.3 Å². The summed E-state index contributed by atoms with van der Waals surface area (Å²) in [5.74, 6) is -2.09. The topological polar surface area (TPSA) is 17.8 Å². The Kier molecular flexibility index (Phi) is 3.24. The molecule has 2 nitrogen and oxygen atoms in total. The Morgan fingerprint density at radius 1 is 1.26 bits per heavy atom. The van der Waals surface area contributed by atoms with Crippen molar-refractivity contribution in [2.45, 2.75) is 32.5 Å². The van der Waals surface area contributed by atoms with Gasteiger partial charge in [-0.3, -0.25) is 4.68 Å². The van der Waals surface area contributed by atoms with Gasteiger partial charge in [0.2, 0.25) is 0 Å². The molecule has 104 valence electrons. The van der Waals surface area contributed by atoms with Gasteiger partial charge < -0.3 is 0 Å². The molecule has 0 spiro atoms.